The number of nitrogens with one attached hydrogen (secondary N) is 1. The van der Waals surface area contributed by atoms with Crippen LogP contribution in [0.2, 0.25) is 0 Å². The number of aromatic nitrogens is 2. The number of thiophene rings is 1. The first-order chi connectivity index (χ1) is 12.5. The van der Waals surface area contributed by atoms with Crippen LogP contribution in [0.4, 0.5) is 5.95 Å². The van der Waals surface area contributed by atoms with Gasteiger partial charge in [-0.25, -0.2) is 4.98 Å². The Morgan fingerprint density at radius 2 is 2.15 bits per heavy atom. The van der Waals surface area contributed by atoms with Crippen LogP contribution in [0.25, 0.3) is 21.3 Å². The highest BCUT2D eigenvalue weighted by Crippen LogP contribution is 2.33. The smallest absolute Gasteiger partial charge is 0.308 e. The lowest BCUT2D eigenvalue weighted by Gasteiger charge is -2.31. The summed E-state index contributed by atoms with van der Waals surface area (Å²) < 4.78 is 0.596. The van der Waals surface area contributed by atoms with Gasteiger partial charge in [0, 0.05) is 24.0 Å². The molecule has 2 aromatic heterocycles. The molecule has 4 rings (SSSR count). The number of nitrogens with zero attached hydrogens (tertiary/aromatic N) is 2. The van der Waals surface area contributed by atoms with Gasteiger partial charge < -0.3 is 10.0 Å². The van der Waals surface area contributed by atoms with Crippen molar-refractivity contribution in [3.63, 3.8) is 0 Å². The molecule has 134 valence electrons. The number of benzene rings is 1. The fourth-order valence-corrected chi connectivity index (χ4v) is 4.40. The minimum Gasteiger partial charge on any atom is -0.481 e. The number of carbonyl (C=O) groups is 1. The van der Waals surface area contributed by atoms with Crippen molar-refractivity contribution in [3.05, 3.63) is 45.6 Å². The fourth-order valence-electron chi connectivity index (χ4n) is 3.50. The third-order valence-corrected chi connectivity index (χ3v) is 5.89. The van der Waals surface area contributed by atoms with Crippen molar-refractivity contribution < 1.29 is 9.90 Å². The average molecular weight is 369 g/mol. The number of aliphatic carboxylic acids is 1. The van der Waals surface area contributed by atoms with Crippen LogP contribution in [0.3, 0.4) is 0 Å². The van der Waals surface area contributed by atoms with E-state index >= 15 is 0 Å². The average Bonchev–Trinajstić information content (AvgIpc) is 3.06. The summed E-state index contributed by atoms with van der Waals surface area (Å²) in [4.78, 5) is 33.3. The first-order valence-electron chi connectivity index (χ1n) is 8.60. The Hall–Kier alpha value is -2.67. The molecule has 0 saturated carbocycles. The monoisotopic (exact) mass is 369 g/mol. The number of aromatic amines is 1. The Morgan fingerprint density at radius 1 is 1.35 bits per heavy atom. The molecule has 1 saturated heterocycles. The molecule has 0 bridgehead atoms. The topological polar surface area (TPSA) is 86.3 Å². The van der Waals surface area contributed by atoms with Crippen LogP contribution in [-0.2, 0) is 4.79 Å². The van der Waals surface area contributed by atoms with Gasteiger partial charge in [0.25, 0.3) is 5.56 Å². The van der Waals surface area contributed by atoms with E-state index in [2.05, 4.69) is 4.98 Å². The van der Waals surface area contributed by atoms with Crippen LogP contribution in [0.1, 0.15) is 18.4 Å². The van der Waals surface area contributed by atoms with E-state index in [0.717, 1.165) is 23.1 Å². The maximum atomic E-state index is 12.6. The summed E-state index contributed by atoms with van der Waals surface area (Å²) in [5.41, 5.74) is 3.64. The third kappa shape index (κ3) is 2.88. The van der Waals surface area contributed by atoms with Crippen LogP contribution in [0, 0.1) is 12.8 Å². The van der Waals surface area contributed by atoms with Gasteiger partial charge in [0.2, 0.25) is 5.95 Å². The summed E-state index contributed by atoms with van der Waals surface area (Å²) in [6, 6.07) is 8.02. The lowest BCUT2D eigenvalue weighted by atomic mass is 9.99. The maximum absolute atomic E-state index is 12.6. The van der Waals surface area contributed by atoms with Gasteiger partial charge in [0.05, 0.1) is 11.4 Å². The van der Waals surface area contributed by atoms with Gasteiger partial charge in [-0.05, 0) is 30.9 Å². The number of rotatable bonds is 3. The van der Waals surface area contributed by atoms with E-state index in [-0.39, 0.29) is 5.56 Å². The summed E-state index contributed by atoms with van der Waals surface area (Å²) >= 11 is 1.39. The predicted molar refractivity (Wildman–Crippen MR) is 103 cm³/mol. The van der Waals surface area contributed by atoms with E-state index in [1.807, 2.05) is 41.5 Å². The Kier molecular flexibility index (Phi) is 4.24. The van der Waals surface area contributed by atoms with Gasteiger partial charge in [0.15, 0.2) is 0 Å². The molecule has 1 atom stereocenters. The summed E-state index contributed by atoms with van der Waals surface area (Å²) in [6.45, 7) is 3.10. The number of hydrogen-bond donors (Lipinski definition) is 2. The van der Waals surface area contributed by atoms with Gasteiger partial charge in [-0.15, -0.1) is 11.3 Å². The molecule has 1 aromatic carbocycles. The molecule has 1 aliphatic rings. The summed E-state index contributed by atoms with van der Waals surface area (Å²) in [5.74, 6) is -0.765. The predicted octanol–water partition coefficient (Wildman–Crippen LogP) is 3.26. The molecule has 0 amide bonds. The number of fused-ring (bicyclic) bond motifs is 1. The Morgan fingerprint density at radius 3 is 2.92 bits per heavy atom. The van der Waals surface area contributed by atoms with Crippen molar-refractivity contribution in [1.29, 1.82) is 0 Å². The molecule has 26 heavy (non-hydrogen) atoms. The van der Waals surface area contributed by atoms with Gasteiger partial charge in [-0.1, -0.05) is 24.3 Å². The third-order valence-electron chi connectivity index (χ3n) is 4.92. The second-order valence-corrected chi connectivity index (χ2v) is 7.53. The van der Waals surface area contributed by atoms with E-state index in [1.165, 1.54) is 11.3 Å². The Balaban J connectivity index is 1.81. The van der Waals surface area contributed by atoms with Crippen molar-refractivity contribution in [2.45, 2.75) is 19.8 Å². The zero-order chi connectivity index (χ0) is 18.3. The number of aryl methyl sites for hydroxylation is 1. The molecular weight excluding hydrogens is 350 g/mol. The van der Waals surface area contributed by atoms with Crippen molar-refractivity contribution >= 4 is 33.5 Å². The molecular formula is C19H19N3O3S. The molecule has 0 spiro atoms. The summed E-state index contributed by atoms with van der Waals surface area (Å²) in [6.07, 6.45) is 1.43. The molecule has 3 heterocycles. The van der Waals surface area contributed by atoms with Crippen LogP contribution in [0.15, 0.2) is 34.4 Å². The quantitative estimate of drug-likeness (QED) is 0.740. The minimum atomic E-state index is -0.797. The fraction of sp³-hybridized carbons (Fsp3) is 0.316. The van der Waals surface area contributed by atoms with Crippen LogP contribution in [-0.4, -0.2) is 34.1 Å². The number of carboxylic acid groups (broad SMARTS) is 1. The molecule has 3 aromatic rings. The van der Waals surface area contributed by atoms with Crippen LogP contribution >= 0.6 is 11.3 Å². The minimum absolute atomic E-state index is 0.174. The molecule has 6 nitrogen and oxygen atoms in total. The number of anilines is 1. The number of hydrogen-bond acceptors (Lipinski definition) is 5. The van der Waals surface area contributed by atoms with Crippen molar-refractivity contribution in [1.82, 2.24) is 9.97 Å². The van der Waals surface area contributed by atoms with E-state index in [0.29, 0.717) is 35.7 Å². The number of H-pyrrole nitrogens is 1. The molecule has 7 heteroatoms. The van der Waals surface area contributed by atoms with Crippen LogP contribution < -0.4 is 10.5 Å². The van der Waals surface area contributed by atoms with E-state index in [1.54, 1.807) is 0 Å². The SMILES string of the molecule is Cc1ccccc1-c1csc2c(=O)[nH]c(N3CCC[C@H](C(=O)O)C3)nc12. The van der Waals surface area contributed by atoms with E-state index in [9.17, 15) is 14.7 Å². The van der Waals surface area contributed by atoms with Gasteiger partial charge in [-0.2, -0.15) is 0 Å². The van der Waals surface area contributed by atoms with Gasteiger partial charge in [0.1, 0.15) is 4.70 Å². The van der Waals surface area contributed by atoms with Crippen molar-refractivity contribution in [3.8, 4) is 11.1 Å². The molecule has 0 radical (unpaired) electrons. The highest BCUT2D eigenvalue weighted by atomic mass is 32.1. The Labute approximate surface area is 154 Å². The van der Waals surface area contributed by atoms with Crippen LogP contribution in [0.5, 0.6) is 0 Å². The molecule has 1 aliphatic heterocycles. The lowest BCUT2D eigenvalue weighted by Crippen LogP contribution is -2.40. The Bertz CT molecular complexity index is 1040. The lowest BCUT2D eigenvalue weighted by molar-refractivity contribution is -0.141. The highest BCUT2D eigenvalue weighted by molar-refractivity contribution is 7.17. The maximum Gasteiger partial charge on any atom is 0.308 e. The van der Waals surface area contributed by atoms with Gasteiger partial charge in [-0.3, -0.25) is 14.6 Å². The molecule has 0 unspecified atom stereocenters. The summed E-state index contributed by atoms with van der Waals surface area (Å²) in [7, 11) is 0. The molecule has 2 N–H and O–H groups in total. The molecule has 0 aliphatic carbocycles. The van der Waals surface area contributed by atoms with E-state index < -0.39 is 11.9 Å². The zero-order valence-corrected chi connectivity index (χ0v) is 15.2. The van der Waals surface area contributed by atoms with Gasteiger partial charge >= 0.3 is 5.97 Å². The standard InChI is InChI=1S/C19H19N3O3S/c1-11-5-2-3-7-13(11)14-10-26-16-15(14)20-19(21-17(16)23)22-8-4-6-12(9-22)18(24)25/h2-3,5,7,10,12H,4,6,8-9H2,1H3,(H,24,25)(H,20,21,23)/t12-/m0/s1. The highest BCUT2D eigenvalue weighted by Gasteiger charge is 2.27. The second-order valence-electron chi connectivity index (χ2n) is 6.65. The van der Waals surface area contributed by atoms with Crippen molar-refractivity contribution in [2.24, 2.45) is 5.92 Å². The zero-order valence-electron chi connectivity index (χ0n) is 14.4. The van der Waals surface area contributed by atoms with E-state index in [4.69, 9.17) is 4.98 Å². The number of piperidine rings is 1. The summed E-state index contributed by atoms with van der Waals surface area (Å²) in [5, 5.41) is 11.3. The first kappa shape index (κ1) is 16.8. The molecule has 1 fully saturated rings. The first-order valence-corrected chi connectivity index (χ1v) is 9.48. The van der Waals surface area contributed by atoms with Crippen molar-refractivity contribution in [2.75, 3.05) is 18.0 Å². The number of carboxylic acids is 1. The second kappa shape index (κ2) is 6.57. The normalized spacial score (nSPS) is 17.6. The largest absolute Gasteiger partial charge is 0.481 e.